The van der Waals surface area contributed by atoms with Gasteiger partial charge in [0.25, 0.3) is 0 Å². The molecule has 0 radical (unpaired) electrons. The second-order valence-electron chi connectivity index (χ2n) is 8.11. The van der Waals surface area contributed by atoms with Crippen molar-refractivity contribution in [3.63, 3.8) is 0 Å². The summed E-state index contributed by atoms with van der Waals surface area (Å²) in [5.74, 6) is 0.577. The van der Waals surface area contributed by atoms with Gasteiger partial charge in [-0.3, -0.25) is 20.5 Å². The zero-order chi connectivity index (χ0) is 22.0. The van der Waals surface area contributed by atoms with Crippen molar-refractivity contribution in [1.29, 1.82) is 5.41 Å². The lowest BCUT2D eigenvalue weighted by atomic mass is 9.96. The van der Waals surface area contributed by atoms with Crippen molar-refractivity contribution in [2.45, 2.75) is 51.1 Å². The van der Waals surface area contributed by atoms with Crippen LogP contribution in [0.1, 0.15) is 32.8 Å². The van der Waals surface area contributed by atoms with Gasteiger partial charge in [-0.2, -0.15) is 0 Å². The van der Waals surface area contributed by atoms with Gasteiger partial charge in [-0.15, -0.1) is 0 Å². The van der Waals surface area contributed by atoms with Gasteiger partial charge in [0.1, 0.15) is 12.0 Å². The number of nitrogens with zero attached hydrogens (tertiary/aromatic N) is 3. The van der Waals surface area contributed by atoms with Crippen LogP contribution in [-0.2, 0) is 16.0 Å². The number of fused-ring (bicyclic) bond motifs is 1. The smallest absolute Gasteiger partial charge is 0.236 e. The number of morpholine rings is 1. The van der Waals surface area contributed by atoms with E-state index >= 15 is 0 Å². The van der Waals surface area contributed by atoms with Gasteiger partial charge in [0, 0.05) is 19.1 Å². The highest BCUT2D eigenvalue weighted by Gasteiger charge is 2.45. The molecule has 3 heterocycles. The number of hydrogen-bond donors (Lipinski definition) is 3. The van der Waals surface area contributed by atoms with Gasteiger partial charge in [0.05, 0.1) is 30.1 Å². The van der Waals surface area contributed by atoms with E-state index in [9.17, 15) is 4.79 Å². The first kappa shape index (κ1) is 22.3. The summed E-state index contributed by atoms with van der Waals surface area (Å²) in [6.07, 6.45) is 1.36. The van der Waals surface area contributed by atoms with Crippen molar-refractivity contribution >= 4 is 34.4 Å². The molecule has 0 bridgehead atoms. The fourth-order valence-corrected chi connectivity index (χ4v) is 5.51. The molecule has 0 spiro atoms. The molecule has 31 heavy (non-hydrogen) atoms. The van der Waals surface area contributed by atoms with Gasteiger partial charge in [-0.25, -0.2) is 10.4 Å². The average molecular weight is 445 g/mol. The molecule has 8 nitrogen and oxygen atoms in total. The Hall–Kier alpha value is -1.94. The fourth-order valence-electron chi connectivity index (χ4n) is 4.36. The molecule has 2 saturated heterocycles. The third-order valence-corrected chi connectivity index (χ3v) is 7.48. The Kier molecular flexibility index (Phi) is 6.95. The van der Waals surface area contributed by atoms with Crippen LogP contribution < -0.4 is 15.8 Å². The van der Waals surface area contributed by atoms with E-state index in [0.717, 1.165) is 17.7 Å². The van der Waals surface area contributed by atoms with E-state index in [1.807, 2.05) is 28.9 Å². The molecule has 9 heteroatoms. The Morgan fingerprint density at radius 1 is 1.29 bits per heavy atom. The zero-order valence-electron chi connectivity index (χ0n) is 18.4. The van der Waals surface area contributed by atoms with Crippen molar-refractivity contribution in [3.8, 4) is 0 Å². The quantitative estimate of drug-likeness (QED) is 0.645. The van der Waals surface area contributed by atoms with Gasteiger partial charge < -0.3 is 9.64 Å². The number of anilines is 1. The minimum atomic E-state index is -0.246. The molecule has 0 saturated carbocycles. The second kappa shape index (κ2) is 9.68. The number of ether oxygens (including phenoxy) is 1. The summed E-state index contributed by atoms with van der Waals surface area (Å²) in [5, 5.41) is 9.55. The average Bonchev–Trinajstić information content (AvgIpc) is 3.18. The van der Waals surface area contributed by atoms with E-state index in [0.29, 0.717) is 43.7 Å². The van der Waals surface area contributed by atoms with Crippen LogP contribution in [-0.4, -0.2) is 65.6 Å². The molecule has 4 atom stereocenters. The van der Waals surface area contributed by atoms with E-state index in [1.165, 1.54) is 11.8 Å². The molecule has 1 amide bonds. The summed E-state index contributed by atoms with van der Waals surface area (Å²) in [6.45, 7) is 8.67. The molecule has 2 fully saturated rings. The van der Waals surface area contributed by atoms with E-state index < -0.39 is 0 Å². The molecule has 3 aliphatic rings. The van der Waals surface area contributed by atoms with Gasteiger partial charge in [-0.1, -0.05) is 43.8 Å². The summed E-state index contributed by atoms with van der Waals surface area (Å²) in [7, 11) is 0. The maximum absolute atomic E-state index is 13.2. The Morgan fingerprint density at radius 2 is 2.03 bits per heavy atom. The van der Waals surface area contributed by atoms with Crippen molar-refractivity contribution < 1.29 is 9.53 Å². The molecule has 0 aliphatic carbocycles. The van der Waals surface area contributed by atoms with Crippen LogP contribution in [0, 0.1) is 11.3 Å². The van der Waals surface area contributed by atoms with Crippen LogP contribution in [0.2, 0.25) is 0 Å². The lowest BCUT2D eigenvalue weighted by Crippen LogP contribution is -2.51. The van der Waals surface area contributed by atoms with Crippen LogP contribution in [0.3, 0.4) is 0 Å². The SMILES string of the molecule is CCc1ccccc1N1C(=N)C2C(C)NNC2N=C1SC(CC)C(=O)N1CCOCC1. The van der Waals surface area contributed by atoms with Crippen LogP contribution in [0.25, 0.3) is 0 Å². The van der Waals surface area contributed by atoms with Gasteiger partial charge in [-0.05, 0) is 31.4 Å². The normalized spacial score (nSPS) is 27.1. The number of rotatable bonds is 5. The van der Waals surface area contributed by atoms with E-state index in [2.05, 4.69) is 36.8 Å². The Balaban J connectivity index is 1.67. The highest BCUT2D eigenvalue weighted by Crippen LogP contribution is 2.35. The zero-order valence-corrected chi connectivity index (χ0v) is 19.2. The highest BCUT2D eigenvalue weighted by atomic mass is 32.2. The minimum Gasteiger partial charge on any atom is -0.378 e. The van der Waals surface area contributed by atoms with Crippen molar-refractivity contribution in [2.24, 2.45) is 10.9 Å². The van der Waals surface area contributed by atoms with Gasteiger partial charge in [0.2, 0.25) is 5.91 Å². The molecule has 3 N–H and O–H groups in total. The number of para-hydroxylation sites is 1. The number of aliphatic imine (C=N–C) groups is 1. The molecule has 1 aromatic carbocycles. The van der Waals surface area contributed by atoms with Gasteiger partial charge in [0.15, 0.2) is 5.17 Å². The molecule has 168 valence electrons. The van der Waals surface area contributed by atoms with E-state index in [1.54, 1.807) is 0 Å². The van der Waals surface area contributed by atoms with Crippen LogP contribution in [0.5, 0.6) is 0 Å². The Bertz CT molecular complexity index is 856. The first-order valence-corrected chi connectivity index (χ1v) is 12.0. The lowest BCUT2D eigenvalue weighted by Gasteiger charge is -2.38. The lowest BCUT2D eigenvalue weighted by molar-refractivity contribution is -0.134. The summed E-state index contributed by atoms with van der Waals surface area (Å²) < 4.78 is 5.41. The third-order valence-electron chi connectivity index (χ3n) is 6.17. The number of hydrogen-bond acceptors (Lipinski definition) is 7. The number of amides is 1. The van der Waals surface area contributed by atoms with E-state index in [-0.39, 0.29) is 29.3 Å². The van der Waals surface area contributed by atoms with Crippen molar-refractivity contribution in [1.82, 2.24) is 15.8 Å². The molecule has 3 aliphatic heterocycles. The second-order valence-corrected chi connectivity index (χ2v) is 9.28. The molecule has 4 unspecified atom stereocenters. The fraction of sp³-hybridized carbons (Fsp3) is 0.591. The molecule has 1 aromatic rings. The number of amidine groups is 2. The highest BCUT2D eigenvalue weighted by molar-refractivity contribution is 8.15. The van der Waals surface area contributed by atoms with Crippen LogP contribution >= 0.6 is 11.8 Å². The number of thioether (sulfide) groups is 1. The van der Waals surface area contributed by atoms with Crippen molar-refractivity contribution in [3.05, 3.63) is 29.8 Å². The molecule has 0 aromatic heterocycles. The number of carbonyl (C=O) groups is 1. The topological polar surface area (TPSA) is 93.1 Å². The van der Waals surface area contributed by atoms with Crippen LogP contribution in [0.4, 0.5) is 5.69 Å². The number of benzene rings is 1. The molecule has 4 rings (SSSR count). The largest absolute Gasteiger partial charge is 0.378 e. The van der Waals surface area contributed by atoms with Gasteiger partial charge >= 0.3 is 0 Å². The number of hydrazine groups is 1. The predicted molar refractivity (Wildman–Crippen MR) is 126 cm³/mol. The first-order chi connectivity index (χ1) is 15.0. The molecular weight excluding hydrogens is 412 g/mol. The maximum atomic E-state index is 13.2. The predicted octanol–water partition coefficient (Wildman–Crippen LogP) is 2.21. The monoisotopic (exact) mass is 444 g/mol. The third kappa shape index (κ3) is 4.37. The summed E-state index contributed by atoms with van der Waals surface area (Å²) in [6, 6.07) is 8.28. The van der Waals surface area contributed by atoms with Crippen molar-refractivity contribution in [2.75, 3.05) is 31.2 Å². The first-order valence-electron chi connectivity index (χ1n) is 11.1. The Labute approximate surface area is 188 Å². The Morgan fingerprint density at radius 3 is 2.74 bits per heavy atom. The summed E-state index contributed by atoms with van der Waals surface area (Å²) in [5.41, 5.74) is 8.60. The minimum absolute atomic E-state index is 0.0655. The summed E-state index contributed by atoms with van der Waals surface area (Å²) in [4.78, 5) is 22.1. The number of carbonyl (C=O) groups excluding carboxylic acids is 1. The maximum Gasteiger partial charge on any atom is 0.236 e. The van der Waals surface area contributed by atoms with E-state index in [4.69, 9.17) is 15.1 Å². The number of nitrogens with one attached hydrogen (secondary N) is 3. The van der Waals surface area contributed by atoms with Crippen LogP contribution in [0.15, 0.2) is 29.3 Å². The standard InChI is InChI=1S/C22H32N6O2S/c1-4-15-8-6-7-9-16(15)28-19(23)18-14(3)25-26-20(18)24-22(28)31-17(5-2)21(29)27-10-12-30-13-11-27/h6-9,14,17-18,20,23,25-26H,4-5,10-13H2,1-3H3. The summed E-state index contributed by atoms with van der Waals surface area (Å²) >= 11 is 1.48. The number of aryl methyl sites for hydroxylation is 1. The molecular formula is C22H32N6O2S.